The van der Waals surface area contributed by atoms with E-state index in [1.54, 1.807) is 5.57 Å². The maximum atomic E-state index is 9.83. The number of hydrogen-bond acceptors (Lipinski definition) is 4. The lowest BCUT2D eigenvalue weighted by atomic mass is 10.1. The van der Waals surface area contributed by atoms with Crippen LogP contribution in [0.3, 0.4) is 0 Å². The van der Waals surface area contributed by atoms with Crippen molar-refractivity contribution in [1.82, 2.24) is 9.80 Å². The van der Waals surface area contributed by atoms with Gasteiger partial charge in [-0.15, -0.1) is 0 Å². The lowest BCUT2D eigenvalue weighted by Gasteiger charge is -2.27. The van der Waals surface area contributed by atoms with Crippen molar-refractivity contribution in [2.75, 3.05) is 52.5 Å². The SMILES string of the molecule is CCCCCCCCCCCCN(CCCCCCCCCCCC)CCN(CCO)CCCCCC(OCCCCCCC)=C1CC1. The van der Waals surface area contributed by atoms with Gasteiger partial charge in [0, 0.05) is 26.1 Å². The Hall–Kier alpha value is -0.580. The van der Waals surface area contributed by atoms with Crippen molar-refractivity contribution in [3.8, 4) is 0 Å². The molecule has 1 saturated carbocycles. The Balaban J connectivity index is 2.34. The summed E-state index contributed by atoms with van der Waals surface area (Å²) in [5.74, 6) is 1.34. The third kappa shape index (κ3) is 30.3. The molecule has 0 aromatic heterocycles. The van der Waals surface area contributed by atoms with Crippen LogP contribution in [-0.4, -0.2) is 67.4 Å². The molecule has 1 aliphatic carbocycles. The van der Waals surface area contributed by atoms with E-state index < -0.39 is 0 Å². The minimum Gasteiger partial charge on any atom is -0.498 e. The standard InChI is InChI=1S/C44H88N2O2/c1-4-7-10-13-15-17-19-21-23-28-35-45(36-29-24-22-20-18-16-14-11-8-5-2)38-39-46(40-41-47)37-30-26-27-32-44(43-33-34-43)48-42-31-25-12-9-6-3/h47H,4-42H2,1-3H3. The number of rotatable bonds is 40. The Labute approximate surface area is 302 Å². The van der Waals surface area contributed by atoms with Gasteiger partial charge in [0.15, 0.2) is 0 Å². The minimum atomic E-state index is 0.277. The van der Waals surface area contributed by atoms with Crippen LogP contribution < -0.4 is 0 Å². The minimum absolute atomic E-state index is 0.277. The van der Waals surface area contributed by atoms with E-state index in [1.165, 1.54) is 211 Å². The van der Waals surface area contributed by atoms with Crippen LogP contribution in [0, 0.1) is 0 Å². The van der Waals surface area contributed by atoms with Crippen LogP contribution in [0.2, 0.25) is 0 Å². The lowest BCUT2D eigenvalue weighted by Crippen LogP contribution is -2.38. The zero-order valence-corrected chi connectivity index (χ0v) is 33.3. The van der Waals surface area contributed by atoms with E-state index in [0.717, 1.165) is 39.2 Å². The molecule has 0 bridgehead atoms. The molecule has 4 heteroatoms. The molecule has 1 N–H and O–H groups in total. The number of aliphatic hydroxyl groups excluding tert-OH is 1. The van der Waals surface area contributed by atoms with Gasteiger partial charge in [-0.1, -0.05) is 168 Å². The molecule has 0 aromatic rings. The zero-order valence-electron chi connectivity index (χ0n) is 33.3. The summed E-state index contributed by atoms with van der Waals surface area (Å²) in [4.78, 5) is 5.31. The highest BCUT2D eigenvalue weighted by Crippen LogP contribution is 2.34. The van der Waals surface area contributed by atoms with Gasteiger partial charge in [0.2, 0.25) is 0 Å². The molecule has 4 nitrogen and oxygen atoms in total. The van der Waals surface area contributed by atoms with Gasteiger partial charge in [0.05, 0.1) is 19.0 Å². The van der Waals surface area contributed by atoms with Crippen LogP contribution in [0.4, 0.5) is 0 Å². The molecule has 0 aliphatic heterocycles. The van der Waals surface area contributed by atoms with Crippen molar-refractivity contribution >= 4 is 0 Å². The summed E-state index contributed by atoms with van der Waals surface area (Å²) in [5.41, 5.74) is 1.59. The number of ether oxygens (including phenoxy) is 1. The molecule has 0 amide bonds. The Morgan fingerprint density at radius 3 is 1.19 bits per heavy atom. The first-order valence-electron chi connectivity index (χ1n) is 22.1. The van der Waals surface area contributed by atoms with Crippen LogP contribution >= 0.6 is 0 Å². The van der Waals surface area contributed by atoms with Crippen molar-refractivity contribution in [3.05, 3.63) is 11.3 Å². The van der Waals surface area contributed by atoms with Gasteiger partial charge in [-0.05, 0) is 70.2 Å². The number of nitrogens with zero attached hydrogens (tertiary/aromatic N) is 2. The average Bonchev–Trinajstić information content (AvgIpc) is 3.94. The molecule has 0 radical (unpaired) electrons. The van der Waals surface area contributed by atoms with E-state index in [2.05, 4.69) is 30.6 Å². The molecule has 0 atom stereocenters. The summed E-state index contributed by atoms with van der Waals surface area (Å²) in [6.07, 6.45) is 42.2. The fraction of sp³-hybridized carbons (Fsp3) is 0.955. The van der Waals surface area contributed by atoms with Gasteiger partial charge in [-0.2, -0.15) is 0 Å². The van der Waals surface area contributed by atoms with E-state index in [0.29, 0.717) is 0 Å². The van der Waals surface area contributed by atoms with Gasteiger partial charge in [-0.25, -0.2) is 0 Å². The number of allylic oxidation sites excluding steroid dienone is 2. The monoisotopic (exact) mass is 677 g/mol. The normalized spacial score (nSPS) is 12.9. The van der Waals surface area contributed by atoms with Crippen LogP contribution in [0.1, 0.15) is 220 Å². The third-order valence-electron chi connectivity index (χ3n) is 10.6. The maximum absolute atomic E-state index is 9.83. The van der Waals surface area contributed by atoms with Gasteiger partial charge in [-0.3, -0.25) is 4.90 Å². The predicted molar refractivity (Wildman–Crippen MR) is 213 cm³/mol. The molecule has 0 heterocycles. The van der Waals surface area contributed by atoms with Gasteiger partial charge in [0.25, 0.3) is 0 Å². The first-order chi connectivity index (χ1) is 23.7. The summed E-state index contributed by atoms with van der Waals surface area (Å²) in [5, 5.41) is 9.83. The van der Waals surface area contributed by atoms with Crippen molar-refractivity contribution in [1.29, 1.82) is 0 Å². The highest BCUT2D eigenvalue weighted by Gasteiger charge is 2.19. The van der Waals surface area contributed by atoms with Gasteiger partial charge < -0.3 is 14.7 Å². The number of aliphatic hydroxyl groups is 1. The maximum Gasteiger partial charge on any atom is 0.0951 e. The average molecular weight is 677 g/mol. The van der Waals surface area contributed by atoms with Crippen molar-refractivity contribution in [2.45, 2.75) is 220 Å². The third-order valence-corrected chi connectivity index (χ3v) is 10.6. The number of unbranched alkanes of at least 4 members (excludes halogenated alkanes) is 24. The van der Waals surface area contributed by atoms with Crippen LogP contribution in [0.15, 0.2) is 11.3 Å². The van der Waals surface area contributed by atoms with E-state index in [1.807, 2.05) is 0 Å². The molecule has 1 fully saturated rings. The first-order valence-corrected chi connectivity index (χ1v) is 22.1. The molecule has 1 rings (SSSR count). The van der Waals surface area contributed by atoms with Crippen LogP contribution in [0.25, 0.3) is 0 Å². The highest BCUT2D eigenvalue weighted by atomic mass is 16.5. The van der Waals surface area contributed by atoms with Crippen LogP contribution in [-0.2, 0) is 4.74 Å². The molecular weight excluding hydrogens is 588 g/mol. The largest absolute Gasteiger partial charge is 0.498 e. The zero-order chi connectivity index (χ0) is 34.6. The van der Waals surface area contributed by atoms with Crippen molar-refractivity contribution in [3.63, 3.8) is 0 Å². The van der Waals surface area contributed by atoms with E-state index >= 15 is 0 Å². The summed E-state index contributed by atoms with van der Waals surface area (Å²) >= 11 is 0. The van der Waals surface area contributed by atoms with Crippen molar-refractivity contribution < 1.29 is 9.84 Å². The molecule has 286 valence electrons. The molecular formula is C44H88N2O2. The Morgan fingerprint density at radius 2 is 0.792 bits per heavy atom. The molecule has 48 heavy (non-hydrogen) atoms. The summed E-state index contributed by atoms with van der Waals surface area (Å²) < 4.78 is 6.26. The Bertz CT molecular complexity index is 651. The molecule has 0 unspecified atom stereocenters. The van der Waals surface area contributed by atoms with E-state index in [4.69, 9.17) is 4.74 Å². The topological polar surface area (TPSA) is 35.9 Å². The predicted octanol–water partition coefficient (Wildman–Crippen LogP) is 13.0. The van der Waals surface area contributed by atoms with Crippen LogP contribution in [0.5, 0.6) is 0 Å². The molecule has 1 aliphatic rings. The molecule has 0 aromatic carbocycles. The second-order valence-corrected chi connectivity index (χ2v) is 15.4. The fourth-order valence-electron chi connectivity index (χ4n) is 7.13. The number of hydrogen-bond donors (Lipinski definition) is 1. The second kappa shape index (κ2) is 36.2. The summed E-state index contributed by atoms with van der Waals surface area (Å²) in [7, 11) is 0. The first kappa shape index (κ1) is 45.4. The fourth-order valence-corrected chi connectivity index (χ4v) is 7.13. The Morgan fingerprint density at radius 1 is 0.438 bits per heavy atom. The van der Waals surface area contributed by atoms with Gasteiger partial charge >= 0.3 is 0 Å². The molecule has 0 saturated heterocycles. The quantitative estimate of drug-likeness (QED) is 0.0517. The molecule has 0 spiro atoms. The Kier molecular flexibility index (Phi) is 34.3. The van der Waals surface area contributed by atoms with Crippen molar-refractivity contribution in [2.24, 2.45) is 0 Å². The van der Waals surface area contributed by atoms with E-state index in [9.17, 15) is 5.11 Å². The van der Waals surface area contributed by atoms with E-state index in [-0.39, 0.29) is 6.61 Å². The summed E-state index contributed by atoms with van der Waals surface area (Å²) in [6.45, 7) is 14.8. The highest BCUT2D eigenvalue weighted by molar-refractivity contribution is 5.21. The smallest absolute Gasteiger partial charge is 0.0951 e. The summed E-state index contributed by atoms with van der Waals surface area (Å²) in [6, 6.07) is 0. The lowest BCUT2D eigenvalue weighted by molar-refractivity contribution is 0.163. The van der Waals surface area contributed by atoms with Gasteiger partial charge in [0.1, 0.15) is 0 Å². The second-order valence-electron chi connectivity index (χ2n) is 15.4.